The van der Waals surface area contributed by atoms with E-state index in [0.29, 0.717) is 11.3 Å². The third-order valence-electron chi connectivity index (χ3n) is 5.17. The zero-order valence-electron chi connectivity index (χ0n) is 21.0. The van der Waals surface area contributed by atoms with E-state index >= 15 is 0 Å². The van der Waals surface area contributed by atoms with Crippen molar-refractivity contribution in [2.24, 2.45) is 0 Å². The summed E-state index contributed by atoms with van der Waals surface area (Å²) in [7, 11) is -2.49. The van der Waals surface area contributed by atoms with Gasteiger partial charge in [0.25, 0.3) is 0 Å². The average Bonchev–Trinajstić information content (AvgIpc) is 2.76. The van der Waals surface area contributed by atoms with Gasteiger partial charge >= 0.3 is 0 Å². The fourth-order valence-electron chi connectivity index (χ4n) is 3.59. The van der Waals surface area contributed by atoms with Gasteiger partial charge in [-0.2, -0.15) is 0 Å². The van der Waals surface area contributed by atoms with Gasteiger partial charge in [0.05, 0.1) is 19.1 Å². The number of ether oxygens (including phenoxy) is 1. The Morgan fingerprint density at radius 2 is 1.77 bits per heavy atom. The maximum atomic E-state index is 14.5. The van der Waals surface area contributed by atoms with Gasteiger partial charge in [0.2, 0.25) is 21.8 Å². The van der Waals surface area contributed by atoms with Gasteiger partial charge < -0.3 is 15.0 Å². The normalized spacial score (nSPS) is 12.5. The number of carbonyl (C=O) groups is 2. The van der Waals surface area contributed by atoms with Gasteiger partial charge in [-0.05, 0) is 57.0 Å². The molecular formula is C25H34FN3O5S. The molecule has 0 aliphatic rings. The molecule has 192 valence electrons. The van der Waals surface area contributed by atoms with E-state index < -0.39 is 39.9 Å². The topological polar surface area (TPSA) is 96.0 Å². The van der Waals surface area contributed by atoms with Gasteiger partial charge in [0, 0.05) is 12.1 Å². The number of carbonyl (C=O) groups excluding carboxylic acids is 2. The molecule has 8 nitrogen and oxygen atoms in total. The van der Waals surface area contributed by atoms with Crippen LogP contribution in [-0.4, -0.2) is 56.6 Å². The Hall–Kier alpha value is -3.14. The molecule has 2 amide bonds. The first kappa shape index (κ1) is 28.1. The number of hydrogen-bond acceptors (Lipinski definition) is 5. The third-order valence-corrected chi connectivity index (χ3v) is 6.30. The summed E-state index contributed by atoms with van der Waals surface area (Å²) < 4.78 is 45.5. The number of nitrogens with one attached hydrogen (secondary N) is 1. The van der Waals surface area contributed by atoms with Crippen LogP contribution in [-0.2, 0) is 26.2 Å². The van der Waals surface area contributed by atoms with Crippen molar-refractivity contribution in [1.29, 1.82) is 0 Å². The molecule has 0 bridgehead atoms. The van der Waals surface area contributed by atoms with E-state index in [4.69, 9.17) is 4.74 Å². The van der Waals surface area contributed by atoms with E-state index in [9.17, 15) is 22.4 Å². The SMILES string of the molecule is CC[C@@H](C(=O)NC(C)(C)C)N(Cc1cccc(OC)c1)C(=O)CN(c1ccccc1F)S(C)(=O)=O. The van der Waals surface area contributed by atoms with Crippen LogP contribution in [0.2, 0.25) is 0 Å². The standard InChI is InChI=1S/C25H34FN3O5S/c1-7-21(24(31)27-25(2,3)4)28(16-18-11-10-12-19(15-18)34-5)23(30)17-29(35(6,32)33)22-14-9-8-13-20(22)26/h8-15,21H,7,16-17H2,1-6H3,(H,27,31)/t21-/m0/s1. The maximum Gasteiger partial charge on any atom is 0.244 e. The molecular weight excluding hydrogens is 473 g/mol. The summed E-state index contributed by atoms with van der Waals surface area (Å²) in [5.41, 5.74) is -0.0883. The van der Waals surface area contributed by atoms with Crippen LogP contribution in [0.4, 0.5) is 10.1 Å². The highest BCUT2D eigenvalue weighted by molar-refractivity contribution is 7.92. The first-order chi connectivity index (χ1) is 16.3. The number of rotatable bonds is 10. The van der Waals surface area contributed by atoms with Crippen LogP contribution in [0.5, 0.6) is 5.75 Å². The fourth-order valence-corrected chi connectivity index (χ4v) is 4.44. The Morgan fingerprint density at radius 3 is 2.31 bits per heavy atom. The molecule has 0 aliphatic heterocycles. The molecule has 0 saturated heterocycles. The third kappa shape index (κ3) is 7.95. The van der Waals surface area contributed by atoms with Crippen LogP contribution >= 0.6 is 0 Å². The van der Waals surface area contributed by atoms with E-state index in [1.165, 1.54) is 30.2 Å². The summed E-state index contributed by atoms with van der Waals surface area (Å²) in [5.74, 6) is -1.21. The molecule has 0 unspecified atom stereocenters. The molecule has 0 fully saturated rings. The van der Waals surface area contributed by atoms with Crippen LogP contribution in [0.15, 0.2) is 48.5 Å². The van der Waals surface area contributed by atoms with Crippen molar-refractivity contribution >= 4 is 27.5 Å². The minimum absolute atomic E-state index is 0.0287. The van der Waals surface area contributed by atoms with Gasteiger partial charge in [0.15, 0.2) is 0 Å². The van der Waals surface area contributed by atoms with Crippen molar-refractivity contribution < 1.29 is 27.1 Å². The highest BCUT2D eigenvalue weighted by atomic mass is 32.2. The molecule has 10 heteroatoms. The predicted molar refractivity (Wildman–Crippen MR) is 134 cm³/mol. The lowest BCUT2D eigenvalue weighted by atomic mass is 10.1. The molecule has 2 rings (SSSR count). The Labute approximate surface area is 207 Å². The smallest absolute Gasteiger partial charge is 0.244 e. The Morgan fingerprint density at radius 1 is 1.11 bits per heavy atom. The number of amides is 2. The molecule has 0 aliphatic carbocycles. The van der Waals surface area contributed by atoms with Crippen molar-refractivity contribution in [1.82, 2.24) is 10.2 Å². The van der Waals surface area contributed by atoms with Crippen LogP contribution in [0.1, 0.15) is 39.7 Å². The van der Waals surface area contributed by atoms with E-state index in [1.54, 1.807) is 31.2 Å². The maximum absolute atomic E-state index is 14.5. The van der Waals surface area contributed by atoms with Crippen LogP contribution in [0.3, 0.4) is 0 Å². The molecule has 1 N–H and O–H groups in total. The van der Waals surface area contributed by atoms with E-state index in [2.05, 4.69) is 5.32 Å². The Kier molecular flexibility index (Phi) is 9.25. The van der Waals surface area contributed by atoms with Crippen LogP contribution in [0, 0.1) is 5.82 Å². The molecule has 0 heterocycles. The number of benzene rings is 2. The lowest BCUT2D eigenvalue weighted by molar-refractivity contribution is -0.141. The van der Waals surface area contributed by atoms with E-state index in [1.807, 2.05) is 20.8 Å². The Balaban J connectivity index is 2.49. The predicted octanol–water partition coefficient (Wildman–Crippen LogP) is 3.32. The molecule has 0 radical (unpaired) electrons. The number of halogens is 1. The molecule has 0 aromatic heterocycles. The number of anilines is 1. The number of sulfonamides is 1. The lowest BCUT2D eigenvalue weighted by Gasteiger charge is -2.34. The summed E-state index contributed by atoms with van der Waals surface area (Å²) in [4.78, 5) is 28.1. The minimum Gasteiger partial charge on any atom is -0.497 e. The van der Waals surface area contributed by atoms with Gasteiger partial charge in [0.1, 0.15) is 24.2 Å². The molecule has 0 spiro atoms. The first-order valence-corrected chi connectivity index (χ1v) is 13.1. The zero-order valence-corrected chi connectivity index (χ0v) is 21.9. The number of hydrogen-bond donors (Lipinski definition) is 1. The zero-order chi connectivity index (χ0) is 26.4. The second-order valence-electron chi connectivity index (χ2n) is 9.26. The molecule has 2 aromatic carbocycles. The number of methoxy groups -OCH3 is 1. The van der Waals surface area contributed by atoms with Crippen molar-refractivity contribution in [3.63, 3.8) is 0 Å². The highest BCUT2D eigenvalue weighted by Gasteiger charge is 2.33. The monoisotopic (exact) mass is 507 g/mol. The van der Waals surface area contributed by atoms with Crippen molar-refractivity contribution in [3.05, 3.63) is 59.9 Å². The summed E-state index contributed by atoms with van der Waals surface area (Å²) in [6.07, 6.45) is 1.19. The largest absolute Gasteiger partial charge is 0.497 e. The summed E-state index contributed by atoms with van der Waals surface area (Å²) in [6.45, 7) is 6.62. The van der Waals surface area contributed by atoms with E-state index in [0.717, 1.165) is 16.6 Å². The fraction of sp³-hybridized carbons (Fsp3) is 0.440. The lowest BCUT2D eigenvalue weighted by Crippen LogP contribution is -2.55. The second-order valence-corrected chi connectivity index (χ2v) is 11.2. The number of para-hydroxylation sites is 1. The van der Waals surface area contributed by atoms with Crippen LogP contribution in [0.25, 0.3) is 0 Å². The highest BCUT2D eigenvalue weighted by Crippen LogP contribution is 2.23. The van der Waals surface area contributed by atoms with Crippen molar-refractivity contribution in [2.75, 3.05) is 24.2 Å². The van der Waals surface area contributed by atoms with Gasteiger partial charge in [-0.25, -0.2) is 12.8 Å². The summed E-state index contributed by atoms with van der Waals surface area (Å²) in [6, 6.07) is 11.5. The van der Waals surface area contributed by atoms with Crippen LogP contribution < -0.4 is 14.4 Å². The summed E-state index contributed by atoms with van der Waals surface area (Å²) >= 11 is 0. The van der Waals surface area contributed by atoms with E-state index in [-0.39, 0.29) is 24.6 Å². The van der Waals surface area contributed by atoms with Crippen molar-refractivity contribution in [2.45, 2.75) is 52.2 Å². The van der Waals surface area contributed by atoms with Gasteiger partial charge in [-0.1, -0.05) is 31.2 Å². The molecule has 0 saturated carbocycles. The summed E-state index contributed by atoms with van der Waals surface area (Å²) in [5, 5.41) is 2.89. The molecule has 1 atom stereocenters. The molecule has 2 aromatic rings. The van der Waals surface area contributed by atoms with Crippen molar-refractivity contribution in [3.8, 4) is 5.75 Å². The minimum atomic E-state index is -4.01. The van der Waals surface area contributed by atoms with Gasteiger partial charge in [-0.3, -0.25) is 13.9 Å². The van der Waals surface area contributed by atoms with Gasteiger partial charge in [-0.15, -0.1) is 0 Å². The quantitative estimate of drug-likeness (QED) is 0.532. The first-order valence-electron chi connectivity index (χ1n) is 11.2. The second kappa shape index (κ2) is 11.5. The Bertz CT molecular complexity index is 1150. The number of nitrogens with zero attached hydrogens (tertiary/aromatic N) is 2. The molecule has 35 heavy (non-hydrogen) atoms. The average molecular weight is 508 g/mol.